The fraction of sp³-hybridized carbons (Fsp3) is 0.294. The third-order valence-electron chi connectivity index (χ3n) is 3.24. The third-order valence-corrected chi connectivity index (χ3v) is 3.24. The molecule has 4 nitrogen and oxygen atoms in total. The van der Waals surface area contributed by atoms with E-state index in [1.807, 2.05) is 55.5 Å². The van der Waals surface area contributed by atoms with E-state index >= 15 is 0 Å². The van der Waals surface area contributed by atoms with Crippen LogP contribution in [0.3, 0.4) is 0 Å². The summed E-state index contributed by atoms with van der Waals surface area (Å²) in [6.45, 7) is 3.15. The molecule has 0 heterocycles. The molecule has 0 amide bonds. The third kappa shape index (κ3) is 4.13. The first kappa shape index (κ1) is 15.2. The molecule has 21 heavy (non-hydrogen) atoms. The molecule has 0 aliphatic heterocycles. The molecule has 0 aliphatic rings. The van der Waals surface area contributed by atoms with Gasteiger partial charge in [0.2, 0.25) is 0 Å². The highest BCUT2D eigenvalue weighted by Gasteiger charge is 2.10. The van der Waals surface area contributed by atoms with Gasteiger partial charge in [-0.05, 0) is 36.8 Å². The maximum absolute atomic E-state index is 5.89. The van der Waals surface area contributed by atoms with E-state index in [1.165, 1.54) is 0 Å². The molecular weight excluding hydrogens is 264 g/mol. The predicted octanol–water partition coefficient (Wildman–Crippen LogP) is 3.21. The topological polar surface area (TPSA) is 56.5 Å². The van der Waals surface area contributed by atoms with Crippen LogP contribution in [-0.4, -0.2) is 20.3 Å². The Morgan fingerprint density at radius 2 is 1.86 bits per heavy atom. The molecule has 2 aromatic carbocycles. The molecule has 0 aromatic heterocycles. The van der Waals surface area contributed by atoms with E-state index in [4.69, 9.17) is 15.2 Å². The van der Waals surface area contributed by atoms with Crippen molar-refractivity contribution >= 4 is 5.69 Å². The lowest BCUT2D eigenvalue weighted by Crippen LogP contribution is -2.20. The number of methoxy groups -OCH3 is 1. The second-order valence-electron chi connectivity index (χ2n) is 4.67. The van der Waals surface area contributed by atoms with Gasteiger partial charge in [-0.2, -0.15) is 0 Å². The number of benzene rings is 2. The minimum atomic E-state index is 0.0489. The Kier molecular flexibility index (Phi) is 5.46. The van der Waals surface area contributed by atoms with Gasteiger partial charge in [0.05, 0.1) is 19.8 Å². The fourth-order valence-corrected chi connectivity index (χ4v) is 2.16. The summed E-state index contributed by atoms with van der Waals surface area (Å²) in [7, 11) is 1.66. The van der Waals surface area contributed by atoms with Crippen molar-refractivity contribution in [2.24, 2.45) is 5.73 Å². The number of nitrogens with two attached hydrogens (primary N) is 1. The van der Waals surface area contributed by atoms with Crippen LogP contribution in [0, 0.1) is 0 Å². The van der Waals surface area contributed by atoms with E-state index in [1.54, 1.807) is 7.11 Å². The predicted molar refractivity (Wildman–Crippen MR) is 86.0 cm³/mol. The number of rotatable bonds is 7. The van der Waals surface area contributed by atoms with Crippen LogP contribution >= 0.6 is 0 Å². The normalized spacial score (nSPS) is 11.8. The van der Waals surface area contributed by atoms with Gasteiger partial charge >= 0.3 is 0 Å². The first-order chi connectivity index (χ1) is 10.3. The SMILES string of the molecule is CCOc1ccc(C(CN)Nc2cccc(OC)c2)cc1. The van der Waals surface area contributed by atoms with Crippen molar-refractivity contribution in [3.63, 3.8) is 0 Å². The summed E-state index contributed by atoms with van der Waals surface area (Å²) < 4.78 is 10.7. The average molecular weight is 286 g/mol. The highest BCUT2D eigenvalue weighted by Crippen LogP contribution is 2.23. The average Bonchev–Trinajstić information content (AvgIpc) is 2.54. The van der Waals surface area contributed by atoms with Crippen molar-refractivity contribution in [1.29, 1.82) is 0 Å². The Balaban J connectivity index is 2.11. The molecular formula is C17H22N2O2. The van der Waals surface area contributed by atoms with Gasteiger partial charge in [0, 0.05) is 18.3 Å². The molecule has 1 atom stereocenters. The fourth-order valence-electron chi connectivity index (χ4n) is 2.16. The zero-order valence-corrected chi connectivity index (χ0v) is 12.5. The number of anilines is 1. The van der Waals surface area contributed by atoms with Crippen molar-refractivity contribution in [3.05, 3.63) is 54.1 Å². The van der Waals surface area contributed by atoms with Crippen LogP contribution in [0.5, 0.6) is 11.5 Å². The van der Waals surface area contributed by atoms with Gasteiger partial charge in [0.1, 0.15) is 11.5 Å². The van der Waals surface area contributed by atoms with Crippen molar-refractivity contribution in [1.82, 2.24) is 0 Å². The van der Waals surface area contributed by atoms with Crippen molar-refractivity contribution < 1.29 is 9.47 Å². The molecule has 0 saturated heterocycles. The molecule has 2 aromatic rings. The molecule has 0 spiro atoms. The molecule has 3 N–H and O–H groups in total. The monoisotopic (exact) mass is 286 g/mol. The van der Waals surface area contributed by atoms with Crippen LogP contribution in [0.1, 0.15) is 18.5 Å². The molecule has 0 fully saturated rings. The van der Waals surface area contributed by atoms with E-state index in [0.29, 0.717) is 13.2 Å². The van der Waals surface area contributed by atoms with E-state index < -0.39 is 0 Å². The lowest BCUT2D eigenvalue weighted by atomic mass is 10.1. The number of ether oxygens (including phenoxy) is 2. The highest BCUT2D eigenvalue weighted by molar-refractivity contribution is 5.50. The Morgan fingerprint density at radius 3 is 2.48 bits per heavy atom. The smallest absolute Gasteiger partial charge is 0.120 e. The summed E-state index contributed by atoms with van der Waals surface area (Å²) in [4.78, 5) is 0. The molecule has 0 radical (unpaired) electrons. The molecule has 112 valence electrons. The molecule has 0 aliphatic carbocycles. The van der Waals surface area contributed by atoms with E-state index in [9.17, 15) is 0 Å². The van der Waals surface area contributed by atoms with Gasteiger partial charge in [-0.3, -0.25) is 0 Å². The van der Waals surface area contributed by atoms with Gasteiger partial charge in [-0.15, -0.1) is 0 Å². The van der Waals surface area contributed by atoms with Gasteiger partial charge in [0.25, 0.3) is 0 Å². The van der Waals surface area contributed by atoms with Crippen molar-refractivity contribution in [2.45, 2.75) is 13.0 Å². The zero-order valence-electron chi connectivity index (χ0n) is 12.5. The quantitative estimate of drug-likeness (QED) is 0.820. The molecule has 0 bridgehead atoms. The second-order valence-corrected chi connectivity index (χ2v) is 4.67. The maximum Gasteiger partial charge on any atom is 0.120 e. The molecule has 2 rings (SSSR count). The molecule has 4 heteroatoms. The number of nitrogens with one attached hydrogen (secondary N) is 1. The van der Waals surface area contributed by atoms with Crippen LogP contribution in [0.25, 0.3) is 0 Å². The largest absolute Gasteiger partial charge is 0.497 e. The Hall–Kier alpha value is -2.20. The number of hydrogen-bond acceptors (Lipinski definition) is 4. The minimum absolute atomic E-state index is 0.0489. The van der Waals surface area contributed by atoms with Crippen molar-refractivity contribution in [3.8, 4) is 11.5 Å². The van der Waals surface area contributed by atoms with Crippen molar-refractivity contribution in [2.75, 3.05) is 25.6 Å². The van der Waals surface area contributed by atoms with Crippen LogP contribution in [0.4, 0.5) is 5.69 Å². The van der Waals surface area contributed by atoms with E-state index in [-0.39, 0.29) is 6.04 Å². The minimum Gasteiger partial charge on any atom is -0.497 e. The van der Waals surface area contributed by atoms with Gasteiger partial charge < -0.3 is 20.5 Å². The maximum atomic E-state index is 5.89. The summed E-state index contributed by atoms with van der Waals surface area (Å²) in [5.41, 5.74) is 8.01. The van der Waals surface area contributed by atoms with Crippen LogP contribution < -0.4 is 20.5 Å². The highest BCUT2D eigenvalue weighted by atomic mass is 16.5. The molecule has 1 unspecified atom stereocenters. The van der Waals surface area contributed by atoms with Gasteiger partial charge in [0.15, 0.2) is 0 Å². The lowest BCUT2D eigenvalue weighted by Gasteiger charge is -2.19. The summed E-state index contributed by atoms with van der Waals surface area (Å²) in [6.07, 6.45) is 0. The van der Waals surface area contributed by atoms with Crippen LogP contribution in [-0.2, 0) is 0 Å². The second kappa shape index (κ2) is 7.55. The Bertz CT molecular complexity index is 555. The summed E-state index contributed by atoms with van der Waals surface area (Å²) in [6, 6.07) is 15.9. The summed E-state index contributed by atoms with van der Waals surface area (Å²) in [5.74, 6) is 1.70. The standard InChI is InChI=1S/C17H22N2O2/c1-3-21-15-9-7-13(8-10-15)17(12-18)19-14-5-4-6-16(11-14)20-2/h4-11,17,19H,3,12,18H2,1-2H3. The Morgan fingerprint density at radius 1 is 1.10 bits per heavy atom. The van der Waals surface area contributed by atoms with E-state index in [2.05, 4.69) is 5.32 Å². The zero-order chi connectivity index (χ0) is 15.1. The lowest BCUT2D eigenvalue weighted by molar-refractivity contribution is 0.340. The van der Waals surface area contributed by atoms with Crippen LogP contribution in [0.2, 0.25) is 0 Å². The Labute approximate surface area is 125 Å². The first-order valence-corrected chi connectivity index (χ1v) is 7.10. The van der Waals surface area contributed by atoms with Crippen LogP contribution in [0.15, 0.2) is 48.5 Å². The molecule has 0 saturated carbocycles. The number of hydrogen-bond donors (Lipinski definition) is 2. The van der Waals surface area contributed by atoms with E-state index in [0.717, 1.165) is 22.7 Å². The van der Waals surface area contributed by atoms with Gasteiger partial charge in [-0.1, -0.05) is 18.2 Å². The summed E-state index contributed by atoms with van der Waals surface area (Å²) >= 11 is 0. The van der Waals surface area contributed by atoms with Gasteiger partial charge in [-0.25, -0.2) is 0 Å². The summed E-state index contributed by atoms with van der Waals surface area (Å²) in [5, 5.41) is 3.43. The first-order valence-electron chi connectivity index (χ1n) is 7.10.